The van der Waals surface area contributed by atoms with E-state index in [2.05, 4.69) is 5.32 Å². The number of piperazine rings is 1. The molecule has 1 N–H and O–H groups in total. The molecule has 2 rings (SSSR count). The van der Waals surface area contributed by atoms with Crippen LogP contribution in [0.4, 0.5) is 0 Å². The van der Waals surface area contributed by atoms with Gasteiger partial charge in [0, 0.05) is 37.8 Å². The predicted molar refractivity (Wildman–Crippen MR) is 104 cm³/mol. The van der Waals surface area contributed by atoms with E-state index in [4.69, 9.17) is 14.7 Å². The standard InChI is InChI=1S/C20H26N4O5/c1-14(2)22-18(25)13-29-16-5-4-15(12-17(16)28-3)20(27)24-10-8-23(9-11-24)19(26)6-7-21/h4-5,12,14H,6,8-11,13H2,1-3H3,(H,22,25). The van der Waals surface area contributed by atoms with E-state index < -0.39 is 0 Å². The molecule has 1 aromatic rings. The number of amides is 3. The summed E-state index contributed by atoms with van der Waals surface area (Å²) >= 11 is 0. The molecule has 9 heteroatoms. The minimum absolute atomic E-state index is 0.0173. The fourth-order valence-electron chi connectivity index (χ4n) is 2.95. The molecule has 1 fully saturated rings. The zero-order chi connectivity index (χ0) is 21.4. The fourth-order valence-corrected chi connectivity index (χ4v) is 2.95. The summed E-state index contributed by atoms with van der Waals surface area (Å²) in [6.07, 6.45) is -0.151. The summed E-state index contributed by atoms with van der Waals surface area (Å²) in [4.78, 5) is 39.5. The first kappa shape index (κ1) is 22.0. The highest BCUT2D eigenvalue weighted by molar-refractivity contribution is 5.95. The number of hydrogen-bond acceptors (Lipinski definition) is 6. The van der Waals surface area contributed by atoms with E-state index in [1.54, 1.807) is 28.0 Å². The van der Waals surface area contributed by atoms with Gasteiger partial charge in [0.25, 0.3) is 11.8 Å². The topological polar surface area (TPSA) is 112 Å². The largest absolute Gasteiger partial charge is 0.493 e. The van der Waals surface area contributed by atoms with Crippen molar-refractivity contribution in [3.63, 3.8) is 0 Å². The number of nitrogens with zero attached hydrogens (tertiary/aromatic N) is 3. The molecule has 0 atom stereocenters. The Labute approximate surface area is 170 Å². The molecule has 1 heterocycles. The molecule has 3 amide bonds. The number of rotatable bonds is 7. The van der Waals surface area contributed by atoms with E-state index in [0.717, 1.165) is 0 Å². The van der Waals surface area contributed by atoms with Crippen molar-refractivity contribution in [2.45, 2.75) is 26.3 Å². The molecular weight excluding hydrogens is 376 g/mol. The van der Waals surface area contributed by atoms with Crippen LogP contribution in [0.2, 0.25) is 0 Å². The lowest BCUT2D eigenvalue weighted by Crippen LogP contribution is -2.50. The zero-order valence-electron chi connectivity index (χ0n) is 16.9. The highest BCUT2D eigenvalue weighted by atomic mass is 16.5. The number of carbonyl (C=O) groups is 3. The Hall–Kier alpha value is -3.28. The Morgan fingerprint density at radius 1 is 1.14 bits per heavy atom. The highest BCUT2D eigenvalue weighted by Gasteiger charge is 2.25. The van der Waals surface area contributed by atoms with Gasteiger partial charge in [0.15, 0.2) is 18.1 Å². The van der Waals surface area contributed by atoms with E-state index >= 15 is 0 Å². The summed E-state index contributed by atoms with van der Waals surface area (Å²) in [6.45, 7) is 5.15. The van der Waals surface area contributed by atoms with Gasteiger partial charge in [-0.3, -0.25) is 14.4 Å². The maximum atomic E-state index is 12.8. The second-order valence-electron chi connectivity index (χ2n) is 6.88. The molecule has 156 valence electrons. The number of carbonyl (C=O) groups excluding carboxylic acids is 3. The molecule has 0 aliphatic carbocycles. The summed E-state index contributed by atoms with van der Waals surface area (Å²) in [5, 5.41) is 11.4. The van der Waals surface area contributed by atoms with E-state index in [1.165, 1.54) is 7.11 Å². The monoisotopic (exact) mass is 402 g/mol. The summed E-state index contributed by atoms with van der Waals surface area (Å²) in [5.41, 5.74) is 0.428. The average Bonchev–Trinajstić information content (AvgIpc) is 2.71. The highest BCUT2D eigenvalue weighted by Crippen LogP contribution is 2.28. The number of methoxy groups -OCH3 is 1. The van der Waals surface area contributed by atoms with Crippen molar-refractivity contribution in [2.24, 2.45) is 0 Å². The Morgan fingerprint density at radius 3 is 2.38 bits per heavy atom. The van der Waals surface area contributed by atoms with E-state index in [9.17, 15) is 14.4 Å². The molecule has 0 bridgehead atoms. The Balaban J connectivity index is 1.99. The molecule has 1 aliphatic rings. The molecular formula is C20H26N4O5. The number of nitriles is 1. The molecule has 1 aliphatic heterocycles. The van der Waals surface area contributed by atoms with Gasteiger partial charge in [-0.2, -0.15) is 5.26 Å². The first-order valence-corrected chi connectivity index (χ1v) is 9.40. The third-order valence-electron chi connectivity index (χ3n) is 4.37. The van der Waals surface area contributed by atoms with Gasteiger partial charge >= 0.3 is 0 Å². The van der Waals surface area contributed by atoms with Crippen LogP contribution in [0.15, 0.2) is 18.2 Å². The lowest BCUT2D eigenvalue weighted by atomic mass is 10.1. The van der Waals surface area contributed by atoms with Crippen molar-refractivity contribution in [2.75, 3.05) is 39.9 Å². The molecule has 1 saturated heterocycles. The number of nitrogens with one attached hydrogen (secondary N) is 1. The number of ether oxygens (including phenoxy) is 2. The third-order valence-corrected chi connectivity index (χ3v) is 4.37. The molecule has 29 heavy (non-hydrogen) atoms. The van der Waals surface area contributed by atoms with Gasteiger partial charge in [0.1, 0.15) is 6.42 Å². The van der Waals surface area contributed by atoms with E-state index in [-0.39, 0.29) is 36.8 Å². The second kappa shape index (κ2) is 10.3. The van der Waals surface area contributed by atoms with Crippen molar-refractivity contribution in [3.05, 3.63) is 23.8 Å². The lowest BCUT2D eigenvalue weighted by Gasteiger charge is -2.34. The summed E-state index contributed by atoms with van der Waals surface area (Å²) in [5.74, 6) is 0.0842. The summed E-state index contributed by atoms with van der Waals surface area (Å²) < 4.78 is 10.8. The Kier molecular flexibility index (Phi) is 7.83. The van der Waals surface area contributed by atoms with Crippen molar-refractivity contribution < 1.29 is 23.9 Å². The maximum Gasteiger partial charge on any atom is 0.258 e. The van der Waals surface area contributed by atoms with Gasteiger partial charge in [-0.1, -0.05) is 0 Å². The smallest absolute Gasteiger partial charge is 0.258 e. The van der Waals surface area contributed by atoms with Crippen molar-refractivity contribution >= 4 is 17.7 Å². The molecule has 0 aromatic heterocycles. The van der Waals surface area contributed by atoms with Crippen LogP contribution in [0, 0.1) is 11.3 Å². The number of hydrogen-bond donors (Lipinski definition) is 1. The molecule has 9 nitrogen and oxygen atoms in total. The first-order valence-electron chi connectivity index (χ1n) is 9.40. The maximum absolute atomic E-state index is 12.8. The van der Waals surface area contributed by atoms with Gasteiger partial charge < -0.3 is 24.6 Å². The molecule has 0 radical (unpaired) electrons. The van der Waals surface area contributed by atoms with Crippen molar-refractivity contribution in [1.82, 2.24) is 15.1 Å². The first-order chi connectivity index (χ1) is 13.8. The van der Waals surface area contributed by atoms with Crippen LogP contribution in [0.5, 0.6) is 11.5 Å². The molecule has 0 unspecified atom stereocenters. The fraction of sp³-hybridized carbons (Fsp3) is 0.500. The average molecular weight is 402 g/mol. The second-order valence-corrected chi connectivity index (χ2v) is 6.88. The van der Waals surface area contributed by atoms with Crippen LogP contribution in [0.1, 0.15) is 30.6 Å². The van der Waals surface area contributed by atoms with Crippen LogP contribution in [-0.2, 0) is 9.59 Å². The molecule has 1 aromatic carbocycles. The quantitative estimate of drug-likeness (QED) is 0.722. The van der Waals surface area contributed by atoms with Crippen LogP contribution in [0.3, 0.4) is 0 Å². The minimum atomic E-state index is -0.244. The zero-order valence-corrected chi connectivity index (χ0v) is 16.9. The third kappa shape index (κ3) is 6.10. The van der Waals surface area contributed by atoms with Crippen LogP contribution >= 0.6 is 0 Å². The normalized spacial score (nSPS) is 13.6. The van der Waals surface area contributed by atoms with Crippen molar-refractivity contribution in [1.29, 1.82) is 5.26 Å². The van der Waals surface area contributed by atoms with E-state index in [0.29, 0.717) is 43.2 Å². The Morgan fingerprint density at radius 2 is 1.79 bits per heavy atom. The summed E-state index contributed by atoms with van der Waals surface area (Å²) in [7, 11) is 1.46. The van der Waals surface area contributed by atoms with Gasteiger partial charge in [-0.05, 0) is 32.0 Å². The summed E-state index contributed by atoms with van der Waals surface area (Å²) in [6, 6.07) is 6.66. The predicted octanol–water partition coefficient (Wildman–Crippen LogP) is 0.797. The Bertz CT molecular complexity index is 795. The lowest BCUT2D eigenvalue weighted by molar-refractivity contribution is -0.131. The minimum Gasteiger partial charge on any atom is -0.493 e. The van der Waals surface area contributed by atoms with Crippen LogP contribution in [-0.4, -0.2) is 73.5 Å². The molecule has 0 saturated carbocycles. The van der Waals surface area contributed by atoms with Gasteiger partial charge in [-0.15, -0.1) is 0 Å². The number of benzene rings is 1. The van der Waals surface area contributed by atoms with Crippen LogP contribution in [0.25, 0.3) is 0 Å². The van der Waals surface area contributed by atoms with Crippen molar-refractivity contribution in [3.8, 4) is 17.6 Å². The van der Waals surface area contributed by atoms with E-state index in [1.807, 2.05) is 19.9 Å². The van der Waals surface area contributed by atoms with Gasteiger partial charge in [-0.25, -0.2) is 0 Å². The van der Waals surface area contributed by atoms with Crippen LogP contribution < -0.4 is 14.8 Å². The molecule has 0 spiro atoms. The SMILES string of the molecule is COc1cc(C(=O)N2CCN(C(=O)CC#N)CC2)ccc1OCC(=O)NC(C)C. The van der Waals surface area contributed by atoms with Gasteiger partial charge in [0.05, 0.1) is 13.2 Å². The van der Waals surface area contributed by atoms with Gasteiger partial charge in [0.2, 0.25) is 5.91 Å².